The van der Waals surface area contributed by atoms with Crippen LogP contribution in [0.5, 0.6) is 0 Å². The Morgan fingerprint density at radius 1 is 1.15 bits per heavy atom. The predicted octanol–water partition coefficient (Wildman–Crippen LogP) is 4.58. The molecule has 0 aromatic heterocycles. The summed E-state index contributed by atoms with van der Waals surface area (Å²) in [6.07, 6.45) is 4.74. The van der Waals surface area contributed by atoms with E-state index in [1.54, 1.807) is 6.92 Å². The SMILES string of the molecule is CCOC(=O)OC1=C(c2c(C)cc(C)cc2CC)C(=O)NC12CCCCC2. The molecular formula is C22H29NO4. The zero-order valence-corrected chi connectivity index (χ0v) is 16.7. The van der Waals surface area contributed by atoms with Gasteiger partial charge in [-0.25, -0.2) is 4.79 Å². The van der Waals surface area contributed by atoms with Gasteiger partial charge in [0, 0.05) is 0 Å². The topological polar surface area (TPSA) is 64.6 Å². The highest BCUT2D eigenvalue weighted by Crippen LogP contribution is 2.44. The van der Waals surface area contributed by atoms with E-state index in [-0.39, 0.29) is 12.5 Å². The van der Waals surface area contributed by atoms with Crippen LogP contribution in [0.3, 0.4) is 0 Å². The second-order valence-electron chi connectivity index (χ2n) is 7.56. The average Bonchev–Trinajstić information content (AvgIpc) is 2.86. The second kappa shape index (κ2) is 7.75. The maximum Gasteiger partial charge on any atom is 0.513 e. The molecule has 1 N–H and O–H groups in total. The Bertz CT molecular complexity index is 788. The van der Waals surface area contributed by atoms with Crippen LogP contribution in [0.25, 0.3) is 5.57 Å². The van der Waals surface area contributed by atoms with Gasteiger partial charge in [0.1, 0.15) is 5.76 Å². The number of hydrogen-bond acceptors (Lipinski definition) is 4. The van der Waals surface area contributed by atoms with Crippen molar-refractivity contribution in [1.29, 1.82) is 0 Å². The molecule has 0 unspecified atom stereocenters. The lowest BCUT2D eigenvalue weighted by atomic mass is 9.80. The van der Waals surface area contributed by atoms with Crippen molar-refractivity contribution in [2.75, 3.05) is 6.61 Å². The van der Waals surface area contributed by atoms with Gasteiger partial charge in [-0.2, -0.15) is 0 Å². The van der Waals surface area contributed by atoms with E-state index in [0.717, 1.165) is 60.8 Å². The molecule has 27 heavy (non-hydrogen) atoms. The quantitative estimate of drug-likeness (QED) is 0.787. The first-order chi connectivity index (χ1) is 12.9. The summed E-state index contributed by atoms with van der Waals surface area (Å²) < 4.78 is 10.7. The van der Waals surface area contributed by atoms with Gasteiger partial charge in [-0.3, -0.25) is 4.79 Å². The summed E-state index contributed by atoms with van der Waals surface area (Å²) in [5, 5.41) is 3.16. The number of hydrogen-bond donors (Lipinski definition) is 1. The van der Waals surface area contributed by atoms with Crippen molar-refractivity contribution < 1.29 is 19.1 Å². The van der Waals surface area contributed by atoms with E-state index in [9.17, 15) is 9.59 Å². The highest BCUT2D eigenvalue weighted by Gasteiger charge is 2.49. The van der Waals surface area contributed by atoms with Gasteiger partial charge in [-0.05, 0) is 56.7 Å². The molecule has 0 saturated heterocycles. The Labute approximate surface area is 161 Å². The average molecular weight is 371 g/mol. The van der Waals surface area contributed by atoms with E-state index in [1.165, 1.54) is 0 Å². The minimum atomic E-state index is -0.741. The van der Waals surface area contributed by atoms with Gasteiger partial charge >= 0.3 is 6.16 Å². The minimum absolute atomic E-state index is 0.155. The van der Waals surface area contributed by atoms with Gasteiger partial charge in [0.2, 0.25) is 0 Å². The third-order valence-corrected chi connectivity index (χ3v) is 5.59. The molecule has 0 radical (unpaired) electrons. The summed E-state index contributed by atoms with van der Waals surface area (Å²) in [4.78, 5) is 25.3. The molecule has 0 atom stereocenters. The van der Waals surface area contributed by atoms with Crippen molar-refractivity contribution >= 4 is 17.6 Å². The third kappa shape index (κ3) is 3.60. The Morgan fingerprint density at radius 2 is 1.85 bits per heavy atom. The number of carbonyl (C=O) groups is 2. The zero-order chi connectivity index (χ0) is 19.6. The number of carbonyl (C=O) groups excluding carboxylic acids is 2. The lowest BCUT2D eigenvalue weighted by Gasteiger charge is -2.34. The van der Waals surface area contributed by atoms with Crippen molar-refractivity contribution in [3.8, 4) is 0 Å². The summed E-state index contributed by atoms with van der Waals surface area (Å²) in [5.74, 6) is 0.296. The molecular weight excluding hydrogens is 342 g/mol. The molecule has 5 nitrogen and oxygen atoms in total. The van der Waals surface area contributed by atoms with E-state index in [4.69, 9.17) is 9.47 Å². The van der Waals surface area contributed by atoms with Gasteiger partial charge < -0.3 is 14.8 Å². The Kier molecular flexibility index (Phi) is 5.59. The molecule has 1 aromatic rings. The van der Waals surface area contributed by atoms with Crippen molar-refractivity contribution in [2.24, 2.45) is 0 Å². The number of rotatable bonds is 4. The molecule has 1 aliphatic heterocycles. The lowest BCUT2D eigenvalue weighted by Crippen LogP contribution is -2.46. The molecule has 1 saturated carbocycles. The zero-order valence-electron chi connectivity index (χ0n) is 16.7. The molecule has 0 bridgehead atoms. The molecule has 5 heteroatoms. The number of nitrogens with one attached hydrogen (secondary N) is 1. The first-order valence-corrected chi connectivity index (χ1v) is 9.94. The summed E-state index contributed by atoms with van der Waals surface area (Å²) in [6, 6.07) is 4.18. The smallest absolute Gasteiger partial charge is 0.434 e. The minimum Gasteiger partial charge on any atom is -0.434 e. The number of benzene rings is 1. The molecule has 1 aromatic carbocycles. The number of amides is 1. The molecule has 1 fully saturated rings. The first kappa shape index (κ1) is 19.5. The summed E-state index contributed by atoms with van der Waals surface area (Å²) >= 11 is 0. The van der Waals surface area contributed by atoms with Crippen molar-refractivity contribution in [3.05, 3.63) is 40.1 Å². The van der Waals surface area contributed by atoms with Crippen LogP contribution < -0.4 is 5.32 Å². The lowest BCUT2D eigenvalue weighted by molar-refractivity contribution is -0.116. The molecule has 146 valence electrons. The van der Waals surface area contributed by atoms with Gasteiger partial charge in [0.05, 0.1) is 17.7 Å². The largest absolute Gasteiger partial charge is 0.513 e. The van der Waals surface area contributed by atoms with Crippen LogP contribution in [0, 0.1) is 13.8 Å². The number of aryl methyl sites for hydroxylation is 3. The fourth-order valence-corrected chi connectivity index (χ4v) is 4.48. The summed E-state index contributed by atoms with van der Waals surface area (Å²) in [6.45, 7) is 8.12. The fourth-order valence-electron chi connectivity index (χ4n) is 4.48. The second-order valence-corrected chi connectivity index (χ2v) is 7.56. The van der Waals surface area contributed by atoms with Crippen LogP contribution in [0.15, 0.2) is 17.9 Å². The van der Waals surface area contributed by atoms with Crippen LogP contribution >= 0.6 is 0 Å². The van der Waals surface area contributed by atoms with E-state index in [0.29, 0.717) is 11.3 Å². The van der Waals surface area contributed by atoms with E-state index < -0.39 is 11.7 Å². The van der Waals surface area contributed by atoms with Gasteiger partial charge in [-0.15, -0.1) is 0 Å². The van der Waals surface area contributed by atoms with Crippen LogP contribution in [-0.2, 0) is 20.7 Å². The molecule has 1 heterocycles. The first-order valence-electron chi connectivity index (χ1n) is 9.94. The monoisotopic (exact) mass is 371 g/mol. The normalized spacial score (nSPS) is 18.6. The van der Waals surface area contributed by atoms with Gasteiger partial charge in [-0.1, -0.05) is 43.9 Å². The predicted molar refractivity (Wildman–Crippen MR) is 104 cm³/mol. The third-order valence-electron chi connectivity index (χ3n) is 5.59. The Hall–Kier alpha value is -2.30. The maximum atomic E-state index is 13.1. The molecule has 1 spiro atoms. The van der Waals surface area contributed by atoms with Crippen LogP contribution in [0.4, 0.5) is 4.79 Å². The Morgan fingerprint density at radius 3 is 2.48 bits per heavy atom. The molecule has 1 amide bonds. The highest BCUT2D eigenvalue weighted by atomic mass is 16.7. The molecule has 2 aliphatic rings. The van der Waals surface area contributed by atoms with Gasteiger partial charge in [0.15, 0.2) is 0 Å². The van der Waals surface area contributed by atoms with E-state index in [2.05, 4.69) is 31.3 Å². The van der Waals surface area contributed by atoms with Crippen LogP contribution in [-0.4, -0.2) is 24.2 Å². The highest BCUT2D eigenvalue weighted by molar-refractivity contribution is 6.24. The Balaban J connectivity index is 2.19. The van der Waals surface area contributed by atoms with Crippen LogP contribution in [0.1, 0.15) is 68.2 Å². The van der Waals surface area contributed by atoms with Crippen molar-refractivity contribution in [3.63, 3.8) is 0 Å². The summed E-state index contributed by atoms with van der Waals surface area (Å²) in [5.41, 5.74) is 4.07. The van der Waals surface area contributed by atoms with Gasteiger partial charge in [0.25, 0.3) is 5.91 Å². The van der Waals surface area contributed by atoms with Crippen molar-refractivity contribution in [2.45, 2.75) is 71.8 Å². The van der Waals surface area contributed by atoms with E-state index in [1.807, 2.05) is 6.92 Å². The molecule has 3 rings (SSSR count). The molecule has 1 aliphatic carbocycles. The maximum absolute atomic E-state index is 13.1. The van der Waals surface area contributed by atoms with Crippen molar-refractivity contribution in [1.82, 2.24) is 5.32 Å². The number of ether oxygens (including phenoxy) is 2. The standard InChI is InChI=1S/C22H29NO4/c1-5-16-13-14(3)12-15(4)17(16)18-19(27-21(25)26-6-2)22(23-20(18)24)10-8-7-9-11-22/h12-13H,5-11H2,1-4H3,(H,23,24). The summed E-state index contributed by atoms with van der Waals surface area (Å²) in [7, 11) is 0. The fraction of sp³-hybridized carbons (Fsp3) is 0.545. The van der Waals surface area contributed by atoms with Crippen LogP contribution in [0.2, 0.25) is 0 Å². The van der Waals surface area contributed by atoms with E-state index >= 15 is 0 Å².